The summed E-state index contributed by atoms with van der Waals surface area (Å²) in [5.74, 6) is 0. The predicted molar refractivity (Wildman–Crippen MR) is 30.6 cm³/mol. The first-order valence-corrected chi connectivity index (χ1v) is 2.76. The SMILES string of the molecule is C=CO.O.O=S(=O)(O)O. The van der Waals surface area contributed by atoms with E-state index in [0.717, 1.165) is 6.26 Å². The second kappa shape index (κ2) is 7.37. The third-order valence-corrected chi connectivity index (χ3v) is 0. The molecule has 6 nitrogen and oxygen atoms in total. The molecule has 0 rings (SSSR count). The monoisotopic (exact) mass is 160 g/mol. The Kier molecular flexibility index (Phi) is 12.9. The van der Waals surface area contributed by atoms with Crippen LogP contribution in [0.15, 0.2) is 12.8 Å². The molecule has 0 spiro atoms. The molecular formula is C2H8O6S. The summed E-state index contributed by atoms with van der Waals surface area (Å²) in [5, 5.41) is 7.33. The molecule has 0 aromatic rings. The normalized spacial score (nSPS) is 7.78. The van der Waals surface area contributed by atoms with Gasteiger partial charge in [0.15, 0.2) is 0 Å². The van der Waals surface area contributed by atoms with Gasteiger partial charge in [-0.05, 0) is 0 Å². The maximum Gasteiger partial charge on any atom is 0.394 e. The second-order valence-electron chi connectivity index (χ2n) is 0.630. The molecule has 0 aliphatic heterocycles. The Bertz CT molecular complexity index is 125. The van der Waals surface area contributed by atoms with Crippen molar-refractivity contribution >= 4 is 10.4 Å². The largest absolute Gasteiger partial charge is 0.516 e. The minimum absolute atomic E-state index is 0. The van der Waals surface area contributed by atoms with E-state index < -0.39 is 10.4 Å². The third kappa shape index (κ3) is 535. The highest BCUT2D eigenvalue weighted by molar-refractivity contribution is 7.79. The van der Waals surface area contributed by atoms with E-state index in [1.54, 1.807) is 0 Å². The van der Waals surface area contributed by atoms with Crippen molar-refractivity contribution in [3.8, 4) is 0 Å². The molecule has 0 fully saturated rings. The Morgan fingerprint density at radius 1 is 1.33 bits per heavy atom. The lowest BCUT2D eigenvalue weighted by atomic mass is 11.2. The molecule has 5 N–H and O–H groups in total. The van der Waals surface area contributed by atoms with Gasteiger partial charge in [-0.25, -0.2) is 0 Å². The minimum Gasteiger partial charge on any atom is -0.516 e. The van der Waals surface area contributed by atoms with Gasteiger partial charge in [0.25, 0.3) is 0 Å². The summed E-state index contributed by atoms with van der Waals surface area (Å²) in [6.45, 7) is 2.92. The van der Waals surface area contributed by atoms with Gasteiger partial charge < -0.3 is 10.6 Å². The maximum atomic E-state index is 8.74. The summed E-state index contributed by atoms with van der Waals surface area (Å²) in [6, 6.07) is 0. The van der Waals surface area contributed by atoms with E-state index >= 15 is 0 Å². The van der Waals surface area contributed by atoms with Gasteiger partial charge in [0.05, 0.1) is 6.26 Å². The number of aliphatic hydroxyl groups is 1. The fourth-order valence-electron chi connectivity index (χ4n) is 0. The zero-order valence-corrected chi connectivity index (χ0v) is 5.17. The van der Waals surface area contributed by atoms with Crippen molar-refractivity contribution < 1.29 is 28.1 Å². The lowest BCUT2D eigenvalue weighted by molar-refractivity contribution is 0.381. The minimum atomic E-state index is -4.67. The molecule has 0 saturated carbocycles. The van der Waals surface area contributed by atoms with Crippen LogP contribution in [0.3, 0.4) is 0 Å². The van der Waals surface area contributed by atoms with Gasteiger partial charge >= 0.3 is 10.4 Å². The highest BCUT2D eigenvalue weighted by atomic mass is 32.3. The lowest BCUT2D eigenvalue weighted by Gasteiger charge is -1.68. The van der Waals surface area contributed by atoms with E-state index in [4.69, 9.17) is 22.6 Å². The van der Waals surface area contributed by atoms with Crippen LogP contribution in [0.5, 0.6) is 0 Å². The Morgan fingerprint density at radius 2 is 1.33 bits per heavy atom. The van der Waals surface area contributed by atoms with Crippen LogP contribution in [-0.4, -0.2) is 28.1 Å². The van der Waals surface area contributed by atoms with Crippen molar-refractivity contribution in [2.75, 3.05) is 0 Å². The summed E-state index contributed by atoms with van der Waals surface area (Å²) in [6.07, 6.45) is 0.750. The van der Waals surface area contributed by atoms with Crippen molar-refractivity contribution in [2.45, 2.75) is 0 Å². The van der Waals surface area contributed by atoms with E-state index in [1.807, 2.05) is 0 Å². The fraction of sp³-hybridized carbons (Fsp3) is 0. The molecule has 0 amide bonds. The average Bonchev–Trinajstić information content (AvgIpc) is 1.27. The van der Waals surface area contributed by atoms with E-state index in [1.165, 1.54) is 0 Å². The quantitative estimate of drug-likeness (QED) is 0.316. The fourth-order valence-corrected chi connectivity index (χ4v) is 0. The first-order chi connectivity index (χ1) is 3.41. The average molecular weight is 160 g/mol. The van der Waals surface area contributed by atoms with E-state index in [9.17, 15) is 0 Å². The Labute approximate surface area is 52.3 Å². The molecule has 0 aliphatic rings. The number of rotatable bonds is 0. The number of hydrogen-bond acceptors (Lipinski definition) is 3. The van der Waals surface area contributed by atoms with E-state index in [0.29, 0.717) is 0 Å². The third-order valence-electron chi connectivity index (χ3n) is 0. The van der Waals surface area contributed by atoms with Gasteiger partial charge in [-0.2, -0.15) is 8.42 Å². The smallest absolute Gasteiger partial charge is 0.394 e. The highest BCUT2D eigenvalue weighted by Crippen LogP contribution is 1.59. The second-order valence-corrected chi connectivity index (χ2v) is 1.53. The van der Waals surface area contributed by atoms with Gasteiger partial charge in [0, 0.05) is 0 Å². The molecular weight excluding hydrogens is 152 g/mol. The van der Waals surface area contributed by atoms with Crippen LogP contribution in [0.2, 0.25) is 0 Å². The molecule has 0 aromatic carbocycles. The Balaban J connectivity index is -0.0000000800. The van der Waals surface area contributed by atoms with Gasteiger partial charge in [-0.3, -0.25) is 9.11 Å². The summed E-state index contributed by atoms with van der Waals surface area (Å²) >= 11 is 0. The molecule has 0 bridgehead atoms. The molecule has 0 radical (unpaired) electrons. The summed E-state index contributed by atoms with van der Waals surface area (Å²) in [7, 11) is -4.67. The van der Waals surface area contributed by atoms with Crippen LogP contribution >= 0.6 is 0 Å². The van der Waals surface area contributed by atoms with Gasteiger partial charge in [0.1, 0.15) is 0 Å². The summed E-state index contributed by atoms with van der Waals surface area (Å²) in [5.41, 5.74) is 0. The Hall–Kier alpha value is -0.630. The van der Waals surface area contributed by atoms with Crippen LogP contribution in [0.1, 0.15) is 0 Å². The van der Waals surface area contributed by atoms with Crippen LogP contribution in [-0.2, 0) is 10.4 Å². The van der Waals surface area contributed by atoms with Crippen molar-refractivity contribution in [3.05, 3.63) is 12.8 Å². The molecule has 0 heterocycles. The first-order valence-electron chi connectivity index (χ1n) is 1.36. The lowest BCUT2D eigenvalue weighted by Crippen LogP contribution is -1.89. The molecule has 0 unspecified atom stereocenters. The number of hydrogen-bond donors (Lipinski definition) is 3. The molecule has 58 valence electrons. The highest BCUT2D eigenvalue weighted by Gasteiger charge is 1.84. The van der Waals surface area contributed by atoms with Crippen molar-refractivity contribution in [2.24, 2.45) is 0 Å². The molecule has 0 saturated heterocycles. The van der Waals surface area contributed by atoms with Crippen molar-refractivity contribution in [1.29, 1.82) is 0 Å². The van der Waals surface area contributed by atoms with Crippen molar-refractivity contribution in [3.63, 3.8) is 0 Å². The van der Waals surface area contributed by atoms with Crippen LogP contribution in [0.25, 0.3) is 0 Å². The molecule has 9 heavy (non-hydrogen) atoms. The first kappa shape index (κ1) is 15.8. The van der Waals surface area contributed by atoms with E-state index in [2.05, 4.69) is 6.58 Å². The molecule has 0 aliphatic carbocycles. The topological polar surface area (TPSA) is 126 Å². The van der Waals surface area contributed by atoms with Gasteiger partial charge in [-0.1, -0.05) is 6.58 Å². The van der Waals surface area contributed by atoms with Crippen LogP contribution in [0.4, 0.5) is 0 Å². The summed E-state index contributed by atoms with van der Waals surface area (Å²) in [4.78, 5) is 0. The zero-order chi connectivity index (χ0) is 7.21. The molecule has 7 heteroatoms. The summed E-state index contributed by atoms with van der Waals surface area (Å²) < 4.78 is 31.6. The zero-order valence-electron chi connectivity index (χ0n) is 4.35. The van der Waals surface area contributed by atoms with Gasteiger partial charge in [-0.15, -0.1) is 0 Å². The van der Waals surface area contributed by atoms with Crippen molar-refractivity contribution in [1.82, 2.24) is 0 Å². The van der Waals surface area contributed by atoms with Crippen LogP contribution < -0.4 is 0 Å². The number of aliphatic hydroxyl groups excluding tert-OH is 1. The van der Waals surface area contributed by atoms with Crippen LogP contribution in [0, 0.1) is 0 Å². The standard InChI is InChI=1S/C2H4O.H2O4S.H2O/c1-2-3;1-5(2,3)4;/h2-3H,1H2;(H2,1,2,3,4);1H2. The van der Waals surface area contributed by atoms with Gasteiger partial charge in [0.2, 0.25) is 0 Å². The maximum absolute atomic E-state index is 8.74. The predicted octanol–water partition coefficient (Wildman–Crippen LogP) is -0.790. The van der Waals surface area contributed by atoms with E-state index in [-0.39, 0.29) is 5.48 Å². The molecule has 0 aromatic heterocycles. The molecule has 0 atom stereocenters. The Morgan fingerprint density at radius 3 is 1.33 bits per heavy atom.